The molecule has 5 heteroatoms. The van der Waals surface area contributed by atoms with Crippen LogP contribution in [-0.4, -0.2) is 26.0 Å². The first-order chi connectivity index (χ1) is 7.92. The second-order valence-corrected chi connectivity index (χ2v) is 4.03. The molecule has 16 heavy (non-hydrogen) atoms. The van der Waals surface area contributed by atoms with Crippen molar-refractivity contribution in [2.24, 2.45) is 0 Å². The first-order valence-corrected chi connectivity index (χ1v) is 5.47. The molecular weight excluding hydrogens is 202 g/mol. The maximum atomic E-state index is 4.26. The number of rotatable bonds is 4. The SMILES string of the molecule is c1cnnc(-n2cc(CNC3CC3)cn2)c1. The molecule has 1 N–H and O–H groups in total. The molecule has 82 valence electrons. The molecule has 1 aliphatic carbocycles. The Hall–Kier alpha value is -1.75. The summed E-state index contributed by atoms with van der Waals surface area (Å²) in [5.41, 5.74) is 1.18. The Kier molecular flexibility index (Phi) is 2.38. The highest BCUT2D eigenvalue weighted by molar-refractivity contribution is 5.20. The molecular formula is C11H13N5. The molecule has 0 unspecified atom stereocenters. The van der Waals surface area contributed by atoms with E-state index in [4.69, 9.17) is 0 Å². The van der Waals surface area contributed by atoms with Crippen LogP contribution in [0.5, 0.6) is 0 Å². The lowest BCUT2D eigenvalue weighted by Crippen LogP contribution is -2.14. The zero-order valence-corrected chi connectivity index (χ0v) is 8.87. The highest BCUT2D eigenvalue weighted by Gasteiger charge is 2.20. The van der Waals surface area contributed by atoms with Gasteiger partial charge in [-0.25, -0.2) is 4.68 Å². The summed E-state index contributed by atoms with van der Waals surface area (Å²) in [6.07, 6.45) is 8.11. The zero-order valence-electron chi connectivity index (χ0n) is 8.87. The first kappa shape index (κ1) is 9.47. The van der Waals surface area contributed by atoms with Crippen molar-refractivity contribution in [2.45, 2.75) is 25.4 Å². The van der Waals surface area contributed by atoms with Crippen LogP contribution in [0.15, 0.2) is 30.7 Å². The molecule has 1 aliphatic rings. The molecule has 5 nitrogen and oxygen atoms in total. The quantitative estimate of drug-likeness (QED) is 0.823. The Bertz CT molecular complexity index is 460. The normalized spacial score (nSPS) is 15.2. The summed E-state index contributed by atoms with van der Waals surface area (Å²) in [5.74, 6) is 0.750. The van der Waals surface area contributed by atoms with Crippen LogP contribution in [0.3, 0.4) is 0 Å². The summed E-state index contributed by atoms with van der Waals surface area (Å²) in [5, 5.41) is 15.5. The van der Waals surface area contributed by atoms with Gasteiger partial charge in [0.05, 0.1) is 6.20 Å². The molecule has 0 bridgehead atoms. The lowest BCUT2D eigenvalue weighted by Gasteiger charge is -1.98. The van der Waals surface area contributed by atoms with E-state index in [9.17, 15) is 0 Å². The molecule has 0 radical (unpaired) electrons. The fourth-order valence-corrected chi connectivity index (χ4v) is 1.54. The van der Waals surface area contributed by atoms with Crippen molar-refractivity contribution in [1.82, 2.24) is 25.3 Å². The van der Waals surface area contributed by atoms with Crippen LogP contribution in [0.2, 0.25) is 0 Å². The third kappa shape index (κ3) is 2.09. The van der Waals surface area contributed by atoms with E-state index in [2.05, 4.69) is 20.6 Å². The van der Waals surface area contributed by atoms with Crippen LogP contribution >= 0.6 is 0 Å². The third-order valence-electron chi connectivity index (χ3n) is 2.60. The fourth-order valence-electron chi connectivity index (χ4n) is 1.54. The number of hydrogen-bond donors (Lipinski definition) is 1. The van der Waals surface area contributed by atoms with Gasteiger partial charge in [-0.2, -0.15) is 10.2 Å². The minimum atomic E-state index is 0.722. The molecule has 2 aromatic heterocycles. The maximum absolute atomic E-state index is 4.26. The van der Waals surface area contributed by atoms with E-state index >= 15 is 0 Å². The smallest absolute Gasteiger partial charge is 0.175 e. The zero-order chi connectivity index (χ0) is 10.8. The van der Waals surface area contributed by atoms with E-state index in [1.54, 1.807) is 10.9 Å². The van der Waals surface area contributed by atoms with Crippen LogP contribution in [0, 0.1) is 0 Å². The molecule has 1 fully saturated rings. The van der Waals surface area contributed by atoms with E-state index in [1.165, 1.54) is 18.4 Å². The molecule has 0 aliphatic heterocycles. The molecule has 0 aromatic carbocycles. The van der Waals surface area contributed by atoms with Crippen molar-refractivity contribution >= 4 is 0 Å². The van der Waals surface area contributed by atoms with Gasteiger partial charge in [-0.15, -0.1) is 5.10 Å². The highest BCUT2D eigenvalue weighted by Crippen LogP contribution is 2.19. The molecule has 0 spiro atoms. The van der Waals surface area contributed by atoms with Crippen molar-refractivity contribution < 1.29 is 0 Å². The molecule has 2 heterocycles. The number of nitrogens with zero attached hydrogens (tertiary/aromatic N) is 4. The van der Waals surface area contributed by atoms with Gasteiger partial charge in [0.2, 0.25) is 0 Å². The van der Waals surface area contributed by atoms with Gasteiger partial charge in [-0.05, 0) is 25.0 Å². The van der Waals surface area contributed by atoms with E-state index in [0.29, 0.717) is 0 Å². The molecule has 3 rings (SSSR count). The first-order valence-electron chi connectivity index (χ1n) is 5.47. The minimum Gasteiger partial charge on any atom is -0.310 e. The van der Waals surface area contributed by atoms with Crippen molar-refractivity contribution in [3.63, 3.8) is 0 Å². The van der Waals surface area contributed by atoms with Gasteiger partial charge < -0.3 is 5.32 Å². The Labute approximate surface area is 93.5 Å². The van der Waals surface area contributed by atoms with E-state index in [-0.39, 0.29) is 0 Å². The summed E-state index contributed by atoms with van der Waals surface area (Å²) in [6.45, 7) is 0.880. The van der Waals surface area contributed by atoms with Gasteiger partial charge in [0, 0.05) is 30.5 Å². The standard InChI is InChI=1S/C11H13N5/c1-2-11(15-13-5-1)16-8-9(7-14-16)6-12-10-3-4-10/h1-2,5,7-8,10,12H,3-4,6H2. The average molecular weight is 215 g/mol. The van der Waals surface area contributed by atoms with Crippen molar-refractivity contribution in [2.75, 3.05) is 0 Å². The minimum absolute atomic E-state index is 0.722. The van der Waals surface area contributed by atoms with E-state index < -0.39 is 0 Å². The molecule has 0 saturated heterocycles. The summed E-state index contributed by atoms with van der Waals surface area (Å²) in [6, 6.07) is 4.46. The summed E-state index contributed by atoms with van der Waals surface area (Å²) in [7, 11) is 0. The number of nitrogens with one attached hydrogen (secondary N) is 1. The molecule has 2 aromatic rings. The van der Waals surface area contributed by atoms with Gasteiger partial charge in [0.1, 0.15) is 0 Å². The monoisotopic (exact) mass is 215 g/mol. The summed E-state index contributed by atoms with van der Waals surface area (Å²) >= 11 is 0. The van der Waals surface area contributed by atoms with Crippen molar-refractivity contribution in [3.8, 4) is 5.82 Å². The second-order valence-electron chi connectivity index (χ2n) is 4.03. The molecule has 0 atom stereocenters. The van der Waals surface area contributed by atoms with Crippen LogP contribution < -0.4 is 5.32 Å². The van der Waals surface area contributed by atoms with Gasteiger partial charge >= 0.3 is 0 Å². The third-order valence-corrected chi connectivity index (χ3v) is 2.60. The van der Waals surface area contributed by atoms with Gasteiger partial charge in [-0.3, -0.25) is 0 Å². The largest absolute Gasteiger partial charge is 0.310 e. The van der Waals surface area contributed by atoms with Gasteiger partial charge in [0.15, 0.2) is 5.82 Å². The summed E-state index contributed by atoms with van der Waals surface area (Å²) in [4.78, 5) is 0. The maximum Gasteiger partial charge on any atom is 0.175 e. The lowest BCUT2D eigenvalue weighted by molar-refractivity contribution is 0.687. The van der Waals surface area contributed by atoms with Gasteiger partial charge in [0.25, 0.3) is 0 Å². The van der Waals surface area contributed by atoms with Crippen LogP contribution in [0.4, 0.5) is 0 Å². The highest BCUT2D eigenvalue weighted by atomic mass is 15.3. The second kappa shape index (κ2) is 4.02. The van der Waals surface area contributed by atoms with Gasteiger partial charge in [-0.1, -0.05) is 0 Å². The Morgan fingerprint density at radius 1 is 1.44 bits per heavy atom. The number of hydrogen-bond acceptors (Lipinski definition) is 4. The van der Waals surface area contributed by atoms with E-state index in [1.807, 2.05) is 24.5 Å². The Morgan fingerprint density at radius 3 is 3.12 bits per heavy atom. The van der Waals surface area contributed by atoms with Crippen LogP contribution in [0.1, 0.15) is 18.4 Å². The number of aromatic nitrogens is 4. The van der Waals surface area contributed by atoms with E-state index in [0.717, 1.165) is 18.4 Å². The van der Waals surface area contributed by atoms with Crippen LogP contribution in [0.25, 0.3) is 5.82 Å². The van der Waals surface area contributed by atoms with Crippen molar-refractivity contribution in [3.05, 3.63) is 36.3 Å². The molecule has 0 amide bonds. The fraction of sp³-hybridized carbons (Fsp3) is 0.364. The average Bonchev–Trinajstić information content (AvgIpc) is 3.05. The van der Waals surface area contributed by atoms with Crippen LogP contribution in [-0.2, 0) is 6.54 Å². The topological polar surface area (TPSA) is 55.6 Å². The summed E-state index contributed by atoms with van der Waals surface area (Å²) < 4.78 is 1.75. The Balaban J connectivity index is 1.71. The van der Waals surface area contributed by atoms with Crippen molar-refractivity contribution in [1.29, 1.82) is 0 Å². The lowest BCUT2D eigenvalue weighted by atomic mass is 10.3. The predicted octanol–water partition coefficient (Wildman–Crippen LogP) is 0.914. The molecule has 1 saturated carbocycles. The Morgan fingerprint density at radius 2 is 2.38 bits per heavy atom. The predicted molar refractivity (Wildman–Crippen MR) is 59.0 cm³/mol.